The van der Waals surface area contributed by atoms with Crippen LogP contribution in [0, 0.1) is 23.2 Å². The Morgan fingerprint density at radius 3 is 2.77 bits per heavy atom. The maximum Gasteiger partial charge on any atom is 0.303 e. The molecule has 3 fully saturated rings. The molecule has 4 aliphatic rings. The molecule has 1 aromatic rings. The summed E-state index contributed by atoms with van der Waals surface area (Å²) in [5.74, 6) is 2.11. The lowest BCUT2D eigenvalue weighted by atomic mass is 9.44. The van der Waals surface area contributed by atoms with Gasteiger partial charge in [0, 0.05) is 18.0 Å². The number of fused-ring (bicyclic) bond motifs is 3. The molecule has 2 N–H and O–H groups in total. The van der Waals surface area contributed by atoms with Crippen molar-refractivity contribution >= 4 is 11.9 Å². The van der Waals surface area contributed by atoms with Crippen LogP contribution in [0.15, 0.2) is 30.4 Å². The van der Waals surface area contributed by atoms with Gasteiger partial charge in [0.15, 0.2) is 11.5 Å². The molecular formula is C24H31NO5. The number of aliphatic carboxylic acids is 1. The molecule has 1 aliphatic heterocycles. The van der Waals surface area contributed by atoms with Gasteiger partial charge in [-0.15, -0.1) is 0 Å². The summed E-state index contributed by atoms with van der Waals surface area (Å²) in [4.78, 5) is 23.7. The van der Waals surface area contributed by atoms with Crippen molar-refractivity contribution in [1.82, 2.24) is 5.32 Å². The Morgan fingerprint density at radius 1 is 1.20 bits per heavy atom. The van der Waals surface area contributed by atoms with Crippen LogP contribution in [-0.2, 0) is 4.79 Å². The molecule has 1 heterocycles. The van der Waals surface area contributed by atoms with Crippen molar-refractivity contribution in [2.75, 3.05) is 6.79 Å². The Bertz CT molecular complexity index is 846. The fourth-order valence-electron chi connectivity index (χ4n) is 5.40. The summed E-state index contributed by atoms with van der Waals surface area (Å²) >= 11 is 0. The number of carbonyl (C=O) groups excluding carboxylic acids is 1. The average molecular weight is 414 g/mol. The monoisotopic (exact) mass is 413 g/mol. The van der Waals surface area contributed by atoms with Crippen LogP contribution in [0.4, 0.5) is 0 Å². The number of allylic oxidation sites excluding steroid dienone is 2. The second-order valence-corrected chi connectivity index (χ2v) is 9.42. The molecule has 1 aromatic carbocycles. The topological polar surface area (TPSA) is 84.9 Å². The Morgan fingerprint density at radius 2 is 2.00 bits per heavy atom. The van der Waals surface area contributed by atoms with Crippen molar-refractivity contribution in [2.45, 2.75) is 58.4 Å². The number of ether oxygens (including phenoxy) is 2. The summed E-state index contributed by atoms with van der Waals surface area (Å²) in [5.41, 5.74) is 0.857. The number of hydrogen-bond donors (Lipinski definition) is 2. The third kappa shape index (κ3) is 4.05. The van der Waals surface area contributed by atoms with E-state index in [9.17, 15) is 9.59 Å². The van der Waals surface area contributed by atoms with Crippen LogP contribution in [-0.4, -0.2) is 29.8 Å². The molecule has 4 atom stereocenters. The number of carboxylic acids is 1. The fraction of sp³-hybridized carbons (Fsp3) is 0.583. The van der Waals surface area contributed by atoms with E-state index < -0.39 is 5.97 Å². The first-order valence-electron chi connectivity index (χ1n) is 10.9. The molecule has 6 nitrogen and oxygen atoms in total. The average Bonchev–Trinajstić information content (AvgIpc) is 3.18. The maximum atomic E-state index is 13.0. The molecule has 0 radical (unpaired) electrons. The van der Waals surface area contributed by atoms with Crippen molar-refractivity contribution in [3.63, 3.8) is 0 Å². The molecule has 1 amide bonds. The van der Waals surface area contributed by atoms with Gasteiger partial charge < -0.3 is 19.9 Å². The molecule has 6 heteroatoms. The maximum absolute atomic E-state index is 13.0. The second kappa shape index (κ2) is 8.32. The minimum Gasteiger partial charge on any atom is -0.481 e. The van der Waals surface area contributed by atoms with Crippen molar-refractivity contribution in [3.8, 4) is 11.5 Å². The number of carboxylic acid groups (broad SMARTS) is 1. The van der Waals surface area contributed by atoms with Gasteiger partial charge in [-0.25, -0.2) is 0 Å². The van der Waals surface area contributed by atoms with Crippen molar-refractivity contribution in [3.05, 3.63) is 35.9 Å². The standard InChI is InChI=1S/C24H31NO5/c1-24(2)17-11-15(7-5-3-4-6-8-21(26)27)22(18(24)13-17)25-23(28)16-9-10-19-20(12-16)30-14-29-19/h3,5,9-10,12,15,17-18,22H,4,6-8,11,13-14H2,1-2H3,(H,25,28)(H,26,27)/b5-3-/t15-,17-,18-,22+/m0/s1. The lowest BCUT2D eigenvalue weighted by molar-refractivity contribution is -0.137. The molecular weight excluding hydrogens is 382 g/mol. The van der Waals surface area contributed by atoms with Crippen molar-refractivity contribution in [2.24, 2.45) is 23.2 Å². The summed E-state index contributed by atoms with van der Waals surface area (Å²) in [6.07, 6.45) is 9.13. The van der Waals surface area contributed by atoms with Crippen molar-refractivity contribution in [1.29, 1.82) is 0 Å². The van der Waals surface area contributed by atoms with Crippen LogP contribution in [0.25, 0.3) is 0 Å². The number of carbonyl (C=O) groups is 2. The van der Waals surface area contributed by atoms with E-state index in [4.69, 9.17) is 14.6 Å². The Kier molecular flexibility index (Phi) is 5.76. The highest BCUT2D eigenvalue weighted by Crippen LogP contribution is 2.61. The van der Waals surface area contributed by atoms with E-state index in [0.717, 1.165) is 19.3 Å². The lowest BCUT2D eigenvalue weighted by Crippen LogP contribution is -2.63. The van der Waals surface area contributed by atoms with Crippen LogP contribution in [0.3, 0.4) is 0 Å². The minimum atomic E-state index is -0.746. The molecule has 2 bridgehead atoms. The largest absolute Gasteiger partial charge is 0.481 e. The van der Waals surface area contributed by atoms with Gasteiger partial charge in [-0.05, 0) is 73.5 Å². The number of hydrogen-bond acceptors (Lipinski definition) is 4. The van der Waals surface area contributed by atoms with Crippen LogP contribution in [0.2, 0.25) is 0 Å². The lowest BCUT2D eigenvalue weighted by Gasteiger charge is -2.62. The van der Waals surface area contributed by atoms with Gasteiger partial charge in [0.25, 0.3) is 5.91 Å². The van der Waals surface area contributed by atoms with Crippen LogP contribution >= 0.6 is 0 Å². The van der Waals surface area contributed by atoms with E-state index >= 15 is 0 Å². The van der Waals surface area contributed by atoms with Gasteiger partial charge in [0.05, 0.1) is 0 Å². The van der Waals surface area contributed by atoms with E-state index in [0.29, 0.717) is 41.2 Å². The van der Waals surface area contributed by atoms with E-state index in [1.54, 1.807) is 18.2 Å². The summed E-state index contributed by atoms with van der Waals surface area (Å²) in [6, 6.07) is 5.48. The van der Waals surface area contributed by atoms with E-state index in [1.807, 2.05) is 0 Å². The minimum absolute atomic E-state index is 0.0603. The van der Waals surface area contributed by atoms with Crippen LogP contribution < -0.4 is 14.8 Å². The van der Waals surface area contributed by atoms with Gasteiger partial charge in [0.1, 0.15) is 0 Å². The predicted molar refractivity (Wildman–Crippen MR) is 113 cm³/mol. The summed E-state index contributed by atoms with van der Waals surface area (Å²) in [5, 5.41) is 12.1. The molecule has 162 valence electrons. The van der Waals surface area contributed by atoms with Gasteiger partial charge in [-0.3, -0.25) is 9.59 Å². The highest BCUT2D eigenvalue weighted by molar-refractivity contribution is 5.95. The summed E-state index contributed by atoms with van der Waals surface area (Å²) < 4.78 is 10.8. The van der Waals surface area contributed by atoms with Crippen LogP contribution in [0.1, 0.15) is 62.7 Å². The van der Waals surface area contributed by atoms with E-state index in [2.05, 4.69) is 31.3 Å². The summed E-state index contributed by atoms with van der Waals surface area (Å²) in [7, 11) is 0. The second-order valence-electron chi connectivity index (χ2n) is 9.42. The Balaban J connectivity index is 1.40. The number of nitrogens with one attached hydrogen (secondary N) is 1. The van der Waals surface area contributed by atoms with E-state index in [1.165, 1.54) is 6.42 Å². The molecule has 30 heavy (non-hydrogen) atoms. The van der Waals surface area contributed by atoms with Gasteiger partial charge >= 0.3 is 5.97 Å². The highest BCUT2D eigenvalue weighted by atomic mass is 16.7. The van der Waals surface area contributed by atoms with Crippen LogP contribution in [0.5, 0.6) is 11.5 Å². The smallest absolute Gasteiger partial charge is 0.303 e. The SMILES string of the molecule is CC1(C)[C@H]2C[C@H](C/C=C\CCCC(=O)O)[C@@H](NC(=O)c3ccc4c(c3)OCO4)[C@@H]1C2. The number of benzene rings is 1. The first-order valence-corrected chi connectivity index (χ1v) is 10.9. The number of unbranched alkanes of at least 4 members (excludes halogenated alkanes) is 1. The number of rotatable bonds is 8. The normalized spacial score (nSPS) is 28.2. The van der Waals surface area contributed by atoms with Crippen molar-refractivity contribution < 1.29 is 24.2 Å². The predicted octanol–water partition coefficient (Wildman–Crippen LogP) is 4.40. The number of amides is 1. The molecule has 3 saturated carbocycles. The highest BCUT2D eigenvalue weighted by Gasteiger charge is 2.57. The zero-order chi connectivity index (χ0) is 21.3. The molecule has 0 spiro atoms. The Hall–Kier alpha value is -2.50. The van der Waals surface area contributed by atoms with E-state index in [-0.39, 0.29) is 30.6 Å². The molecule has 3 aliphatic carbocycles. The van der Waals surface area contributed by atoms with Gasteiger partial charge in [-0.1, -0.05) is 26.0 Å². The molecule has 0 unspecified atom stereocenters. The first-order chi connectivity index (χ1) is 14.4. The fourth-order valence-corrected chi connectivity index (χ4v) is 5.40. The molecule has 0 aromatic heterocycles. The van der Waals surface area contributed by atoms with Gasteiger partial charge in [-0.2, -0.15) is 0 Å². The third-order valence-corrected chi connectivity index (χ3v) is 7.37. The van der Waals surface area contributed by atoms with Gasteiger partial charge in [0.2, 0.25) is 6.79 Å². The zero-order valence-electron chi connectivity index (χ0n) is 17.7. The summed E-state index contributed by atoms with van der Waals surface area (Å²) in [6.45, 7) is 4.84. The quantitative estimate of drug-likeness (QED) is 0.487. The third-order valence-electron chi connectivity index (χ3n) is 7.37. The molecule has 0 saturated heterocycles. The zero-order valence-corrected chi connectivity index (χ0v) is 17.7. The molecule has 5 rings (SSSR count). The Labute approximate surface area is 177 Å². The first kappa shape index (κ1) is 20.8.